The van der Waals surface area contributed by atoms with Gasteiger partial charge in [-0.25, -0.2) is 8.78 Å². The van der Waals surface area contributed by atoms with Gasteiger partial charge in [0.15, 0.2) is 0 Å². The van der Waals surface area contributed by atoms with Crippen LogP contribution in [-0.2, 0) is 4.74 Å². The molecule has 1 atom stereocenters. The van der Waals surface area contributed by atoms with Crippen molar-refractivity contribution in [2.45, 2.75) is 32.0 Å². The minimum Gasteiger partial charge on any atom is -0.342 e. The minimum absolute atomic E-state index is 0.311. The molecule has 1 aromatic carbocycles. The Kier molecular flexibility index (Phi) is 4.48. The Labute approximate surface area is 112 Å². The van der Waals surface area contributed by atoms with E-state index in [0.717, 1.165) is 18.4 Å². The standard InChI is InChI=1S/C16H18F2O/c1-2-3-11-19-16(18)10-9-14(15(17)12-16)13-7-5-4-6-8-13/h4-10H,2-3,11-12H2,1H3. The lowest BCUT2D eigenvalue weighted by Crippen LogP contribution is -2.27. The molecule has 0 radical (unpaired) electrons. The fourth-order valence-electron chi connectivity index (χ4n) is 2.02. The Bertz CT molecular complexity index is 479. The molecule has 0 heterocycles. The number of alkyl halides is 1. The monoisotopic (exact) mass is 264 g/mol. The van der Waals surface area contributed by atoms with E-state index in [1.807, 2.05) is 37.3 Å². The van der Waals surface area contributed by atoms with Crippen molar-refractivity contribution in [3.8, 4) is 0 Å². The Balaban J connectivity index is 2.10. The summed E-state index contributed by atoms with van der Waals surface area (Å²) in [5.41, 5.74) is 1.19. The number of benzene rings is 1. The largest absolute Gasteiger partial charge is 0.342 e. The Morgan fingerprint density at radius 3 is 2.63 bits per heavy atom. The zero-order valence-corrected chi connectivity index (χ0v) is 11.0. The van der Waals surface area contributed by atoms with E-state index in [4.69, 9.17) is 4.74 Å². The van der Waals surface area contributed by atoms with Gasteiger partial charge in [0.1, 0.15) is 5.83 Å². The zero-order valence-electron chi connectivity index (χ0n) is 11.0. The molecular formula is C16H18F2O. The van der Waals surface area contributed by atoms with Crippen LogP contribution in [0, 0.1) is 0 Å². The second-order valence-corrected chi connectivity index (χ2v) is 4.68. The summed E-state index contributed by atoms with van der Waals surface area (Å²) in [5.74, 6) is -2.47. The van der Waals surface area contributed by atoms with E-state index in [-0.39, 0.29) is 6.42 Å². The molecule has 0 bridgehead atoms. The van der Waals surface area contributed by atoms with Crippen LogP contribution >= 0.6 is 0 Å². The highest BCUT2D eigenvalue weighted by atomic mass is 19.2. The molecule has 1 aliphatic rings. The van der Waals surface area contributed by atoms with Gasteiger partial charge in [-0.1, -0.05) is 49.8 Å². The van der Waals surface area contributed by atoms with Crippen molar-refractivity contribution in [3.63, 3.8) is 0 Å². The average Bonchev–Trinajstić information content (AvgIpc) is 2.40. The quantitative estimate of drug-likeness (QED) is 0.693. The second kappa shape index (κ2) is 6.11. The normalized spacial score (nSPS) is 22.9. The van der Waals surface area contributed by atoms with Gasteiger partial charge in [-0.05, 0) is 18.1 Å². The van der Waals surface area contributed by atoms with Gasteiger partial charge in [-0.3, -0.25) is 0 Å². The van der Waals surface area contributed by atoms with Gasteiger partial charge in [0.25, 0.3) is 0 Å². The number of unbranched alkanes of at least 4 members (excludes halogenated alkanes) is 1. The topological polar surface area (TPSA) is 9.23 Å². The van der Waals surface area contributed by atoms with Crippen LogP contribution in [0.5, 0.6) is 0 Å². The molecule has 1 aliphatic carbocycles. The second-order valence-electron chi connectivity index (χ2n) is 4.68. The Morgan fingerprint density at radius 1 is 1.26 bits per heavy atom. The molecule has 0 amide bonds. The third-order valence-electron chi connectivity index (χ3n) is 3.11. The van der Waals surface area contributed by atoms with E-state index in [9.17, 15) is 8.78 Å². The highest BCUT2D eigenvalue weighted by Crippen LogP contribution is 2.36. The molecule has 102 valence electrons. The maximum Gasteiger partial charge on any atom is 0.235 e. The van der Waals surface area contributed by atoms with Crippen molar-refractivity contribution >= 4 is 5.57 Å². The smallest absolute Gasteiger partial charge is 0.235 e. The molecule has 1 aromatic rings. The first-order valence-electron chi connectivity index (χ1n) is 6.61. The molecule has 1 nitrogen and oxygen atoms in total. The van der Waals surface area contributed by atoms with Crippen LogP contribution in [0.15, 0.2) is 48.3 Å². The third-order valence-corrected chi connectivity index (χ3v) is 3.11. The number of allylic oxidation sites excluding steroid dienone is 2. The molecule has 0 N–H and O–H groups in total. The molecule has 0 fully saturated rings. The molecule has 0 aromatic heterocycles. The van der Waals surface area contributed by atoms with Gasteiger partial charge in [0.05, 0.1) is 13.0 Å². The van der Waals surface area contributed by atoms with E-state index in [1.54, 1.807) is 0 Å². The van der Waals surface area contributed by atoms with Gasteiger partial charge in [-0.15, -0.1) is 0 Å². The molecule has 3 heteroatoms. The fraction of sp³-hybridized carbons (Fsp3) is 0.375. The predicted octanol–water partition coefficient (Wildman–Crippen LogP) is 4.81. The first-order chi connectivity index (χ1) is 9.14. The number of ether oxygens (including phenoxy) is 1. The lowest BCUT2D eigenvalue weighted by Gasteiger charge is -2.25. The first kappa shape index (κ1) is 13.9. The van der Waals surface area contributed by atoms with Gasteiger partial charge in [0.2, 0.25) is 5.85 Å². The average molecular weight is 264 g/mol. The lowest BCUT2D eigenvalue weighted by molar-refractivity contribution is -0.109. The van der Waals surface area contributed by atoms with Crippen molar-refractivity contribution in [2.75, 3.05) is 6.61 Å². The van der Waals surface area contributed by atoms with E-state index >= 15 is 0 Å². The van der Waals surface area contributed by atoms with Crippen LogP contribution < -0.4 is 0 Å². The molecule has 2 rings (SSSR count). The van der Waals surface area contributed by atoms with Gasteiger partial charge in [0, 0.05) is 5.57 Å². The van der Waals surface area contributed by atoms with Crippen LogP contribution in [0.2, 0.25) is 0 Å². The highest BCUT2D eigenvalue weighted by molar-refractivity contribution is 5.76. The van der Waals surface area contributed by atoms with Crippen LogP contribution in [0.3, 0.4) is 0 Å². The van der Waals surface area contributed by atoms with Crippen molar-refractivity contribution in [1.29, 1.82) is 0 Å². The molecule has 0 spiro atoms. The van der Waals surface area contributed by atoms with E-state index in [1.165, 1.54) is 12.2 Å². The number of hydrogen-bond acceptors (Lipinski definition) is 1. The summed E-state index contributed by atoms with van der Waals surface area (Å²) < 4.78 is 33.4. The summed E-state index contributed by atoms with van der Waals surface area (Å²) in [6.45, 7) is 2.31. The van der Waals surface area contributed by atoms with Crippen LogP contribution in [0.4, 0.5) is 8.78 Å². The SMILES string of the molecule is CCCCOC1(F)C=CC(c2ccccc2)=C(F)C1. The van der Waals surface area contributed by atoms with Crippen LogP contribution in [-0.4, -0.2) is 12.5 Å². The minimum atomic E-state index is -2.00. The third kappa shape index (κ3) is 3.51. The summed E-state index contributed by atoms with van der Waals surface area (Å²) in [4.78, 5) is 0. The number of halogens is 2. The van der Waals surface area contributed by atoms with Crippen LogP contribution in [0.25, 0.3) is 5.57 Å². The van der Waals surface area contributed by atoms with E-state index < -0.39 is 11.7 Å². The molecule has 0 saturated carbocycles. The molecular weight excluding hydrogens is 246 g/mol. The molecule has 0 aliphatic heterocycles. The van der Waals surface area contributed by atoms with Crippen molar-refractivity contribution in [3.05, 3.63) is 53.9 Å². The Morgan fingerprint density at radius 2 is 2.00 bits per heavy atom. The summed E-state index contributed by atoms with van der Waals surface area (Å²) in [6.07, 6.45) is 4.13. The van der Waals surface area contributed by atoms with Gasteiger partial charge >= 0.3 is 0 Å². The summed E-state index contributed by atoms with van der Waals surface area (Å²) in [7, 11) is 0. The summed E-state index contributed by atoms with van der Waals surface area (Å²) >= 11 is 0. The van der Waals surface area contributed by atoms with Crippen molar-refractivity contribution < 1.29 is 13.5 Å². The van der Waals surface area contributed by atoms with E-state index in [0.29, 0.717) is 12.2 Å². The lowest BCUT2D eigenvalue weighted by atomic mass is 9.96. The number of rotatable bonds is 5. The molecule has 0 saturated heterocycles. The number of hydrogen-bond donors (Lipinski definition) is 0. The summed E-state index contributed by atoms with van der Waals surface area (Å²) in [5, 5.41) is 0. The van der Waals surface area contributed by atoms with Gasteiger partial charge in [-0.2, -0.15) is 0 Å². The zero-order chi connectivity index (χ0) is 13.7. The van der Waals surface area contributed by atoms with Crippen molar-refractivity contribution in [2.24, 2.45) is 0 Å². The first-order valence-corrected chi connectivity index (χ1v) is 6.61. The van der Waals surface area contributed by atoms with E-state index in [2.05, 4.69) is 0 Å². The molecule has 1 unspecified atom stereocenters. The van der Waals surface area contributed by atoms with Gasteiger partial charge < -0.3 is 4.74 Å². The Hall–Kier alpha value is -1.48. The van der Waals surface area contributed by atoms with Crippen molar-refractivity contribution in [1.82, 2.24) is 0 Å². The highest BCUT2D eigenvalue weighted by Gasteiger charge is 2.33. The maximum absolute atomic E-state index is 14.3. The summed E-state index contributed by atoms with van der Waals surface area (Å²) in [6, 6.07) is 9.14. The molecule has 19 heavy (non-hydrogen) atoms. The predicted molar refractivity (Wildman–Crippen MR) is 72.9 cm³/mol. The maximum atomic E-state index is 14.3. The fourth-order valence-corrected chi connectivity index (χ4v) is 2.02. The van der Waals surface area contributed by atoms with Crippen LogP contribution in [0.1, 0.15) is 31.7 Å².